The van der Waals surface area contributed by atoms with Gasteiger partial charge >= 0.3 is 0 Å². The summed E-state index contributed by atoms with van der Waals surface area (Å²) in [4.78, 5) is 27.7. The predicted octanol–water partition coefficient (Wildman–Crippen LogP) is 3.93. The van der Waals surface area contributed by atoms with Crippen molar-refractivity contribution >= 4 is 27.5 Å². The molecule has 3 rings (SSSR count). The summed E-state index contributed by atoms with van der Waals surface area (Å²) >= 11 is 0. The van der Waals surface area contributed by atoms with Crippen LogP contribution in [0.4, 0.5) is 10.1 Å². The molecule has 0 aromatic heterocycles. The summed E-state index contributed by atoms with van der Waals surface area (Å²) in [7, 11) is -2.82. The van der Waals surface area contributed by atoms with Crippen LogP contribution >= 0.6 is 0 Å². The number of nitrogens with one attached hydrogen (secondary N) is 1. The first kappa shape index (κ1) is 27.9. The Bertz CT molecular complexity index is 1310. The van der Waals surface area contributed by atoms with E-state index < -0.39 is 34.3 Å². The van der Waals surface area contributed by atoms with Crippen molar-refractivity contribution in [1.29, 1.82) is 0 Å². The Morgan fingerprint density at radius 2 is 1.57 bits per heavy atom. The summed E-state index contributed by atoms with van der Waals surface area (Å²) in [6.07, 6.45) is 0.787. The van der Waals surface area contributed by atoms with Gasteiger partial charge in [-0.25, -0.2) is 12.8 Å². The molecule has 2 amide bonds. The zero-order chi connectivity index (χ0) is 27.0. The van der Waals surface area contributed by atoms with Gasteiger partial charge in [0.1, 0.15) is 18.4 Å². The van der Waals surface area contributed by atoms with Crippen molar-refractivity contribution in [3.05, 3.63) is 95.8 Å². The monoisotopic (exact) mass is 525 g/mol. The number of hydrogen-bond donors (Lipinski definition) is 1. The summed E-state index contributed by atoms with van der Waals surface area (Å²) in [5, 5.41) is 2.58. The van der Waals surface area contributed by atoms with Gasteiger partial charge in [0.2, 0.25) is 11.8 Å². The lowest BCUT2D eigenvalue weighted by Gasteiger charge is -2.33. The number of aryl methyl sites for hydroxylation is 1. The number of rotatable bonds is 11. The van der Waals surface area contributed by atoms with Crippen LogP contribution < -0.4 is 9.62 Å². The first-order valence-corrected chi connectivity index (χ1v) is 13.5. The van der Waals surface area contributed by atoms with Crippen LogP contribution in [0.2, 0.25) is 0 Å². The predicted molar refractivity (Wildman–Crippen MR) is 142 cm³/mol. The Labute approximate surface area is 218 Å². The molecule has 0 unspecified atom stereocenters. The van der Waals surface area contributed by atoms with Crippen LogP contribution in [0.5, 0.6) is 0 Å². The fourth-order valence-corrected chi connectivity index (χ4v) is 5.49. The van der Waals surface area contributed by atoms with Gasteiger partial charge in [-0.1, -0.05) is 67.1 Å². The van der Waals surface area contributed by atoms with Gasteiger partial charge < -0.3 is 10.2 Å². The van der Waals surface area contributed by atoms with Gasteiger partial charge in [0.05, 0.1) is 10.6 Å². The molecule has 0 saturated heterocycles. The highest BCUT2D eigenvalue weighted by molar-refractivity contribution is 7.92. The maximum Gasteiger partial charge on any atom is 0.264 e. The Kier molecular flexibility index (Phi) is 9.41. The smallest absolute Gasteiger partial charge is 0.264 e. The van der Waals surface area contributed by atoms with Gasteiger partial charge in [0, 0.05) is 13.6 Å². The van der Waals surface area contributed by atoms with E-state index in [1.807, 2.05) is 37.3 Å². The Morgan fingerprint density at radius 1 is 0.946 bits per heavy atom. The van der Waals surface area contributed by atoms with Crippen LogP contribution in [0, 0.1) is 12.7 Å². The number of nitrogens with zero attached hydrogens (tertiary/aromatic N) is 2. The molecule has 9 heteroatoms. The number of para-hydroxylation sites is 1. The highest BCUT2D eigenvalue weighted by atomic mass is 32.2. The molecule has 3 aromatic rings. The molecule has 0 heterocycles. The zero-order valence-corrected chi connectivity index (χ0v) is 22.0. The lowest BCUT2D eigenvalue weighted by molar-refractivity contribution is -0.139. The van der Waals surface area contributed by atoms with Crippen LogP contribution in [0.15, 0.2) is 83.8 Å². The zero-order valence-electron chi connectivity index (χ0n) is 21.2. The second-order valence-corrected chi connectivity index (χ2v) is 10.5. The van der Waals surface area contributed by atoms with E-state index in [1.54, 1.807) is 19.1 Å². The molecule has 37 heavy (non-hydrogen) atoms. The minimum atomic E-state index is -4.30. The quantitative estimate of drug-likeness (QED) is 0.411. The van der Waals surface area contributed by atoms with Crippen LogP contribution in [0.1, 0.15) is 24.5 Å². The molecule has 0 saturated carbocycles. The lowest BCUT2D eigenvalue weighted by atomic mass is 10.1. The fraction of sp³-hybridized carbons (Fsp3) is 0.286. The summed E-state index contributed by atoms with van der Waals surface area (Å²) in [6, 6.07) is 20.2. The van der Waals surface area contributed by atoms with Gasteiger partial charge in [-0.3, -0.25) is 13.9 Å². The third kappa shape index (κ3) is 6.74. The minimum Gasteiger partial charge on any atom is -0.357 e. The number of sulfonamides is 1. The molecule has 0 aliphatic heterocycles. The summed E-state index contributed by atoms with van der Waals surface area (Å²) < 4.78 is 43.0. The van der Waals surface area contributed by atoms with Crippen molar-refractivity contribution in [2.45, 2.75) is 37.6 Å². The van der Waals surface area contributed by atoms with Crippen LogP contribution in [-0.4, -0.2) is 51.3 Å². The molecule has 1 atom stereocenters. The van der Waals surface area contributed by atoms with E-state index in [0.717, 1.165) is 21.5 Å². The van der Waals surface area contributed by atoms with Gasteiger partial charge in [0.15, 0.2) is 0 Å². The second-order valence-electron chi connectivity index (χ2n) is 8.64. The van der Waals surface area contributed by atoms with E-state index in [-0.39, 0.29) is 23.0 Å². The van der Waals surface area contributed by atoms with Crippen molar-refractivity contribution in [2.24, 2.45) is 0 Å². The average Bonchev–Trinajstić information content (AvgIpc) is 2.90. The fourth-order valence-electron chi connectivity index (χ4n) is 4.07. The molecular formula is C28H32FN3O4S. The van der Waals surface area contributed by atoms with E-state index >= 15 is 0 Å². The van der Waals surface area contributed by atoms with Crippen molar-refractivity contribution < 1.29 is 22.4 Å². The summed E-state index contributed by atoms with van der Waals surface area (Å²) in [5.41, 5.74) is 1.58. The average molecular weight is 526 g/mol. The largest absolute Gasteiger partial charge is 0.357 e. The molecule has 0 fully saturated rings. The highest BCUT2D eigenvalue weighted by Gasteiger charge is 2.34. The number of hydrogen-bond acceptors (Lipinski definition) is 4. The molecule has 0 aliphatic carbocycles. The summed E-state index contributed by atoms with van der Waals surface area (Å²) in [6.45, 7) is 3.12. The van der Waals surface area contributed by atoms with E-state index in [0.29, 0.717) is 12.8 Å². The maximum absolute atomic E-state index is 14.9. The topological polar surface area (TPSA) is 86.8 Å². The molecule has 1 N–H and O–H groups in total. The highest BCUT2D eigenvalue weighted by Crippen LogP contribution is 2.27. The van der Waals surface area contributed by atoms with Crippen molar-refractivity contribution in [2.75, 3.05) is 24.4 Å². The molecule has 3 aromatic carbocycles. The first-order valence-electron chi connectivity index (χ1n) is 12.1. The standard InChI is InChI=1S/C28H32FN3O4S/c1-4-25(28(34)30-3)31(19-18-22-10-6-5-7-11-22)27(33)20-32(26-13-9-8-12-24(26)29)37(35,36)23-16-14-21(2)15-17-23/h5-17,25H,4,18-20H2,1-3H3,(H,30,34)/t25-/m0/s1. The van der Waals surface area contributed by atoms with Gasteiger partial charge in [-0.2, -0.15) is 0 Å². The van der Waals surface area contributed by atoms with E-state index in [4.69, 9.17) is 0 Å². The molecule has 0 aliphatic rings. The normalized spacial score (nSPS) is 12.0. The van der Waals surface area contributed by atoms with Crippen LogP contribution in [0.25, 0.3) is 0 Å². The maximum atomic E-state index is 14.9. The molecule has 0 spiro atoms. The van der Waals surface area contributed by atoms with Crippen molar-refractivity contribution in [3.63, 3.8) is 0 Å². The first-order chi connectivity index (χ1) is 17.7. The third-order valence-corrected chi connectivity index (χ3v) is 7.90. The van der Waals surface area contributed by atoms with E-state index in [2.05, 4.69) is 5.32 Å². The van der Waals surface area contributed by atoms with Gasteiger partial charge in [-0.05, 0) is 49.6 Å². The number of halogens is 1. The minimum absolute atomic E-state index is 0.0664. The SMILES string of the molecule is CC[C@@H](C(=O)NC)N(CCc1ccccc1)C(=O)CN(c1ccccc1F)S(=O)(=O)c1ccc(C)cc1. The van der Waals surface area contributed by atoms with Gasteiger partial charge in [-0.15, -0.1) is 0 Å². The Balaban J connectivity index is 2.01. The number of anilines is 1. The molecule has 0 radical (unpaired) electrons. The molecular weight excluding hydrogens is 493 g/mol. The molecule has 0 bridgehead atoms. The van der Waals surface area contributed by atoms with Crippen molar-refractivity contribution in [3.8, 4) is 0 Å². The van der Waals surface area contributed by atoms with Gasteiger partial charge in [0.25, 0.3) is 10.0 Å². The number of carbonyl (C=O) groups excluding carboxylic acids is 2. The number of carbonyl (C=O) groups is 2. The van der Waals surface area contributed by atoms with Crippen LogP contribution in [0.3, 0.4) is 0 Å². The number of amides is 2. The second kappa shape index (κ2) is 12.5. The van der Waals surface area contributed by atoms with E-state index in [9.17, 15) is 22.4 Å². The molecule has 7 nitrogen and oxygen atoms in total. The lowest BCUT2D eigenvalue weighted by Crippen LogP contribution is -2.52. The third-order valence-electron chi connectivity index (χ3n) is 6.13. The Hall–Kier alpha value is -3.72. The summed E-state index contributed by atoms with van der Waals surface area (Å²) in [5.74, 6) is -1.74. The van der Waals surface area contributed by atoms with Crippen LogP contribution in [-0.2, 0) is 26.0 Å². The Morgan fingerprint density at radius 3 is 2.16 bits per heavy atom. The van der Waals surface area contributed by atoms with E-state index in [1.165, 1.54) is 42.3 Å². The molecule has 196 valence electrons. The number of benzene rings is 3. The number of likely N-dealkylation sites (N-methyl/N-ethyl adjacent to an activating group) is 1. The van der Waals surface area contributed by atoms with Crippen molar-refractivity contribution in [1.82, 2.24) is 10.2 Å².